The van der Waals surface area contributed by atoms with E-state index in [4.69, 9.17) is 5.11 Å². The first-order valence-electron chi connectivity index (χ1n) is 4.28. The van der Waals surface area contributed by atoms with E-state index in [-0.39, 0.29) is 19.4 Å². The first kappa shape index (κ1) is 12.8. The Morgan fingerprint density at radius 3 is 2.43 bits per heavy atom. The predicted octanol–water partition coefficient (Wildman–Crippen LogP) is 1.01. The summed E-state index contributed by atoms with van der Waals surface area (Å²) in [6.07, 6.45) is -0.545. The van der Waals surface area contributed by atoms with Crippen molar-refractivity contribution in [3.63, 3.8) is 0 Å². The lowest BCUT2D eigenvalue weighted by Gasteiger charge is -2.13. The largest absolute Gasteiger partial charge is 0.481 e. The van der Waals surface area contributed by atoms with Gasteiger partial charge < -0.3 is 10.4 Å². The van der Waals surface area contributed by atoms with Gasteiger partial charge in [-0.25, -0.2) is 0 Å². The summed E-state index contributed by atoms with van der Waals surface area (Å²) in [4.78, 5) is 20.8. The minimum Gasteiger partial charge on any atom is -0.481 e. The fraction of sp³-hybridized carbons (Fsp3) is 0.750. The van der Waals surface area contributed by atoms with Crippen LogP contribution in [0.15, 0.2) is 0 Å². The second-order valence-corrected chi connectivity index (χ2v) is 2.81. The third-order valence-electron chi connectivity index (χ3n) is 1.63. The molecule has 14 heavy (non-hydrogen) atoms. The average molecular weight is 209 g/mol. The van der Waals surface area contributed by atoms with E-state index in [0.29, 0.717) is 0 Å². The van der Waals surface area contributed by atoms with Gasteiger partial charge in [0.25, 0.3) is 5.91 Å². The number of aliphatic carboxylic acids is 1. The highest BCUT2D eigenvalue weighted by Crippen LogP contribution is 2.17. The Kier molecular flexibility index (Phi) is 5.04. The molecule has 0 aliphatic heterocycles. The Morgan fingerprint density at radius 2 is 2.00 bits per heavy atom. The number of alkyl halides is 2. The van der Waals surface area contributed by atoms with Crippen LogP contribution in [0, 0.1) is 0 Å². The number of rotatable bonds is 6. The highest BCUT2D eigenvalue weighted by Gasteiger charge is 2.35. The van der Waals surface area contributed by atoms with Crippen molar-refractivity contribution >= 4 is 11.9 Å². The van der Waals surface area contributed by atoms with Crippen molar-refractivity contribution < 1.29 is 23.5 Å². The summed E-state index contributed by atoms with van der Waals surface area (Å²) < 4.78 is 25.2. The molecule has 6 heteroatoms. The van der Waals surface area contributed by atoms with Crippen LogP contribution in [-0.2, 0) is 9.59 Å². The van der Waals surface area contributed by atoms with Crippen LogP contribution in [0.1, 0.15) is 26.2 Å². The van der Waals surface area contributed by atoms with Gasteiger partial charge in [0.1, 0.15) is 0 Å². The number of amides is 1. The van der Waals surface area contributed by atoms with Crippen molar-refractivity contribution in [3.05, 3.63) is 0 Å². The van der Waals surface area contributed by atoms with E-state index in [0.717, 1.165) is 0 Å². The molecule has 0 fully saturated rings. The molecule has 0 aromatic carbocycles. The van der Waals surface area contributed by atoms with Crippen molar-refractivity contribution in [2.24, 2.45) is 0 Å². The Hall–Kier alpha value is -1.20. The highest BCUT2D eigenvalue weighted by molar-refractivity contribution is 5.83. The van der Waals surface area contributed by atoms with Crippen molar-refractivity contribution in [1.82, 2.24) is 5.32 Å². The van der Waals surface area contributed by atoms with Crippen molar-refractivity contribution in [1.29, 1.82) is 0 Å². The number of carboxylic acid groups (broad SMARTS) is 1. The second kappa shape index (κ2) is 5.51. The molecule has 0 spiro atoms. The quantitative estimate of drug-likeness (QED) is 0.641. The van der Waals surface area contributed by atoms with Gasteiger partial charge in [-0.05, 0) is 6.42 Å². The molecule has 0 heterocycles. The van der Waals surface area contributed by atoms with Crippen LogP contribution in [0.5, 0.6) is 0 Å². The molecule has 0 unspecified atom stereocenters. The molecule has 0 aliphatic rings. The molecule has 0 aromatic heterocycles. The number of hydrogen-bond acceptors (Lipinski definition) is 2. The molecule has 0 aliphatic carbocycles. The van der Waals surface area contributed by atoms with Crippen LogP contribution in [-0.4, -0.2) is 29.5 Å². The maximum absolute atomic E-state index is 12.6. The van der Waals surface area contributed by atoms with Gasteiger partial charge in [-0.15, -0.1) is 0 Å². The lowest BCUT2D eigenvalue weighted by molar-refractivity contribution is -0.146. The monoisotopic (exact) mass is 209 g/mol. The number of carboxylic acids is 1. The predicted molar refractivity (Wildman–Crippen MR) is 45.1 cm³/mol. The topological polar surface area (TPSA) is 66.4 Å². The minimum atomic E-state index is -3.36. The minimum absolute atomic E-state index is 0.0409. The smallest absolute Gasteiger partial charge is 0.324 e. The summed E-state index contributed by atoms with van der Waals surface area (Å²) in [5.74, 6) is -5.71. The Balaban J connectivity index is 3.70. The normalized spacial score (nSPS) is 11.1. The maximum Gasteiger partial charge on any atom is 0.324 e. The third-order valence-corrected chi connectivity index (χ3v) is 1.63. The molecular weight excluding hydrogens is 196 g/mol. The second-order valence-electron chi connectivity index (χ2n) is 2.81. The van der Waals surface area contributed by atoms with E-state index >= 15 is 0 Å². The molecule has 0 aromatic rings. The van der Waals surface area contributed by atoms with Gasteiger partial charge in [0.05, 0.1) is 0 Å². The van der Waals surface area contributed by atoms with Crippen LogP contribution in [0.2, 0.25) is 0 Å². The van der Waals surface area contributed by atoms with Gasteiger partial charge in [-0.1, -0.05) is 6.92 Å². The SMILES string of the molecule is CCC(F)(F)C(=O)NCCCC(=O)O. The molecule has 0 rings (SSSR count). The highest BCUT2D eigenvalue weighted by atomic mass is 19.3. The molecule has 0 radical (unpaired) electrons. The lowest BCUT2D eigenvalue weighted by atomic mass is 10.2. The Morgan fingerprint density at radius 1 is 1.43 bits per heavy atom. The van der Waals surface area contributed by atoms with Crippen LogP contribution < -0.4 is 5.32 Å². The van der Waals surface area contributed by atoms with E-state index < -0.39 is 24.2 Å². The molecule has 4 nitrogen and oxygen atoms in total. The summed E-state index contributed by atoms with van der Waals surface area (Å²) >= 11 is 0. The molecule has 2 N–H and O–H groups in total. The Labute approximate surface area is 80.3 Å². The van der Waals surface area contributed by atoms with Gasteiger partial charge >= 0.3 is 11.9 Å². The average Bonchev–Trinajstić information content (AvgIpc) is 2.11. The summed E-state index contributed by atoms with van der Waals surface area (Å²) in [6.45, 7) is 1.16. The first-order chi connectivity index (χ1) is 6.40. The number of hydrogen-bond donors (Lipinski definition) is 2. The van der Waals surface area contributed by atoms with Gasteiger partial charge in [0, 0.05) is 19.4 Å². The van der Waals surface area contributed by atoms with Gasteiger partial charge in [0.2, 0.25) is 0 Å². The number of halogens is 2. The maximum atomic E-state index is 12.6. The summed E-state index contributed by atoms with van der Waals surface area (Å²) in [6, 6.07) is 0. The van der Waals surface area contributed by atoms with Gasteiger partial charge in [-0.3, -0.25) is 9.59 Å². The molecule has 0 atom stereocenters. The zero-order chi connectivity index (χ0) is 11.2. The van der Waals surface area contributed by atoms with Gasteiger partial charge in [-0.2, -0.15) is 8.78 Å². The zero-order valence-electron chi connectivity index (χ0n) is 7.85. The summed E-state index contributed by atoms with van der Waals surface area (Å²) in [7, 11) is 0. The molecular formula is C8H13F2NO3. The molecule has 82 valence electrons. The fourth-order valence-electron chi connectivity index (χ4n) is 0.731. The number of nitrogens with one attached hydrogen (secondary N) is 1. The molecule has 0 bridgehead atoms. The number of carbonyl (C=O) groups excluding carboxylic acids is 1. The van der Waals surface area contributed by atoms with Crippen LogP contribution in [0.25, 0.3) is 0 Å². The molecule has 1 amide bonds. The molecule has 0 saturated heterocycles. The van der Waals surface area contributed by atoms with E-state index in [1.54, 1.807) is 0 Å². The third kappa shape index (κ3) is 4.74. The standard InChI is InChI=1S/C8H13F2NO3/c1-2-8(9,10)7(14)11-5-3-4-6(12)13/h2-5H2,1H3,(H,11,14)(H,12,13). The van der Waals surface area contributed by atoms with Crippen LogP contribution in [0.3, 0.4) is 0 Å². The van der Waals surface area contributed by atoms with Gasteiger partial charge in [0.15, 0.2) is 0 Å². The zero-order valence-corrected chi connectivity index (χ0v) is 7.85. The van der Waals surface area contributed by atoms with E-state index in [2.05, 4.69) is 0 Å². The van der Waals surface area contributed by atoms with Crippen molar-refractivity contribution in [3.8, 4) is 0 Å². The number of carbonyl (C=O) groups is 2. The Bertz CT molecular complexity index is 219. The summed E-state index contributed by atoms with van der Waals surface area (Å²) in [5.41, 5.74) is 0. The molecule has 0 saturated carbocycles. The van der Waals surface area contributed by atoms with E-state index in [1.807, 2.05) is 5.32 Å². The summed E-state index contributed by atoms with van der Waals surface area (Å²) in [5, 5.41) is 10.2. The van der Waals surface area contributed by atoms with E-state index in [1.165, 1.54) is 6.92 Å². The van der Waals surface area contributed by atoms with E-state index in [9.17, 15) is 18.4 Å². The van der Waals surface area contributed by atoms with Crippen molar-refractivity contribution in [2.75, 3.05) is 6.54 Å². The van der Waals surface area contributed by atoms with Crippen LogP contribution >= 0.6 is 0 Å². The van der Waals surface area contributed by atoms with Crippen LogP contribution in [0.4, 0.5) is 8.78 Å². The fourth-order valence-corrected chi connectivity index (χ4v) is 0.731. The van der Waals surface area contributed by atoms with Crippen molar-refractivity contribution in [2.45, 2.75) is 32.1 Å². The lowest BCUT2D eigenvalue weighted by Crippen LogP contribution is -2.40. The first-order valence-corrected chi connectivity index (χ1v) is 4.28.